The van der Waals surface area contributed by atoms with Crippen LogP contribution in [-0.2, 0) is 0 Å². The molecule has 0 radical (unpaired) electrons. The van der Waals surface area contributed by atoms with E-state index in [1.165, 1.54) is 5.56 Å². The molecule has 0 atom stereocenters. The van der Waals surface area contributed by atoms with Crippen molar-refractivity contribution < 1.29 is 4.74 Å². The van der Waals surface area contributed by atoms with E-state index in [0.29, 0.717) is 5.92 Å². The minimum atomic E-state index is 0.551. The van der Waals surface area contributed by atoms with Crippen molar-refractivity contribution in [2.75, 3.05) is 7.11 Å². The highest BCUT2D eigenvalue weighted by atomic mass is 16.5. The first kappa shape index (κ1) is 11.6. The summed E-state index contributed by atoms with van der Waals surface area (Å²) in [6.07, 6.45) is 1.79. The molecule has 17 heavy (non-hydrogen) atoms. The van der Waals surface area contributed by atoms with E-state index in [9.17, 15) is 0 Å². The molecule has 0 unspecified atom stereocenters. The van der Waals surface area contributed by atoms with E-state index in [1.807, 2.05) is 12.1 Å². The summed E-state index contributed by atoms with van der Waals surface area (Å²) in [6, 6.07) is 12.3. The van der Waals surface area contributed by atoms with Crippen LogP contribution in [0.5, 0.6) is 5.75 Å². The predicted octanol–water partition coefficient (Wildman–Crippen LogP) is 3.88. The summed E-state index contributed by atoms with van der Waals surface area (Å²) < 4.78 is 5.31. The zero-order chi connectivity index (χ0) is 12.3. The van der Waals surface area contributed by atoms with Crippen LogP contribution in [0.2, 0.25) is 0 Å². The fourth-order valence-electron chi connectivity index (χ4n) is 1.80. The molecule has 1 heterocycles. The molecule has 2 aromatic rings. The molecule has 0 aliphatic heterocycles. The first-order valence-corrected chi connectivity index (χ1v) is 5.81. The maximum absolute atomic E-state index is 5.31. The summed E-state index contributed by atoms with van der Waals surface area (Å²) in [6.45, 7) is 4.38. The predicted molar refractivity (Wildman–Crippen MR) is 70.3 cm³/mol. The molecule has 0 aliphatic rings. The van der Waals surface area contributed by atoms with Gasteiger partial charge in [0.2, 0.25) is 0 Å². The molecule has 2 rings (SSSR count). The van der Waals surface area contributed by atoms with Crippen molar-refractivity contribution in [3.05, 3.63) is 48.2 Å². The average molecular weight is 227 g/mol. The summed E-state index contributed by atoms with van der Waals surface area (Å²) >= 11 is 0. The van der Waals surface area contributed by atoms with Gasteiger partial charge < -0.3 is 4.74 Å². The molecule has 2 heteroatoms. The van der Waals surface area contributed by atoms with Gasteiger partial charge in [0.05, 0.1) is 7.11 Å². The lowest BCUT2D eigenvalue weighted by molar-refractivity contribution is 0.415. The Hall–Kier alpha value is -1.83. The highest BCUT2D eigenvalue weighted by Crippen LogP contribution is 2.28. The molecule has 0 saturated carbocycles. The number of hydrogen-bond acceptors (Lipinski definition) is 2. The molecule has 1 aromatic carbocycles. The van der Waals surface area contributed by atoms with E-state index >= 15 is 0 Å². The van der Waals surface area contributed by atoms with Crippen molar-refractivity contribution in [2.24, 2.45) is 0 Å². The minimum absolute atomic E-state index is 0.551. The Kier molecular flexibility index (Phi) is 3.43. The van der Waals surface area contributed by atoms with E-state index in [4.69, 9.17) is 4.74 Å². The van der Waals surface area contributed by atoms with Gasteiger partial charge in [0.1, 0.15) is 11.4 Å². The van der Waals surface area contributed by atoms with Crippen LogP contribution in [-0.4, -0.2) is 12.1 Å². The number of rotatable bonds is 3. The number of methoxy groups -OCH3 is 1. The number of aromatic nitrogens is 1. The summed E-state index contributed by atoms with van der Waals surface area (Å²) in [5.41, 5.74) is 3.32. The molecular formula is C15H17NO. The van der Waals surface area contributed by atoms with Gasteiger partial charge in [-0.05, 0) is 23.6 Å². The Morgan fingerprint density at radius 2 is 1.76 bits per heavy atom. The van der Waals surface area contributed by atoms with Gasteiger partial charge in [0.25, 0.3) is 0 Å². The first-order chi connectivity index (χ1) is 8.22. The summed E-state index contributed by atoms with van der Waals surface area (Å²) in [5.74, 6) is 1.36. The lowest BCUT2D eigenvalue weighted by Gasteiger charge is -2.09. The van der Waals surface area contributed by atoms with Crippen molar-refractivity contribution in [1.29, 1.82) is 0 Å². The first-order valence-electron chi connectivity index (χ1n) is 5.81. The molecular weight excluding hydrogens is 210 g/mol. The summed E-state index contributed by atoms with van der Waals surface area (Å²) in [5, 5.41) is 0. The maximum Gasteiger partial charge on any atom is 0.145 e. The largest absolute Gasteiger partial charge is 0.494 e. The van der Waals surface area contributed by atoms with Gasteiger partial charge in [0.15, 0.2) is 0 Å². The van der Waals surface area contributed by atoms with Crippen molar-refractivity contribution in [3.63, 3.8) is 0 Å². The summed E-state index contributed by atoms with van der Waals surface area (Å²) in [4.78, 5) is 4.37. The second kappa shape index (κ2) is 5.00. The Morgan fingerprint density at radius 3 is 2.35 bits per heavy atom. The molecule has 0 N–H and O–H groups in total. The number of pyridine rings is 1. The topological polar surface area (TPSA) is 22.1 Å². The monoisotopic (exact) mass is 227 g/mol. The van der Waals surface area contributed by atoms with Gasteiger partial charge in [-0.2, -0.15) is 0 Å². The zero-order valence-corrected chi connectivity index (χ0v) is 10.5. The van der Waals surface area contributed by atoms with Crippen LogP contribution in [0.15, 0.2) is 42.6 Å². The third-order valence-corrected chi connectivity index (χ3v) is 2.84. The van der Waals surface area contributed by atoms with Gasteiger partial charge in [-0.3, -0.25) is 4.98 Å². The maximum atomic E-state index is 5.31. The Morgan fingerprint density at radius 1 is 1.06 bits per heavy atom. The SMILES string of the molecule is COc1cccnc1-c1ccc(C(C)C)cc1. The fraction of sp³-hybridized carbons (Fsp3) is 0.267. The minimum Gasteiger partial charge on any atom is -0.494 e. The molecule has 0 aliphatic carbocycles. The van der Waals surface area contributed by atoms with E-state index in [0.717, 1.165) is 17.0 Å². The van der Waals surface area contributed by atoms with E-state index in [2.05, 4.69) is 43.1 Å². The van der Waals surface area contributed by atoms with Gasteiger partial charge in [-0.25, -0.2) is 0 Å². The van der Waals surface area contributed by atoms with Crippen LogP contribution < -0.4 is 4.74 Å². The van der Waals surface area contributed by atoms with Crippen LogP contribution in [0.25, 0.3) is 11.3 Å². The van der Waals surface area contributed by atoms with Gasteiger partial charge in [0, 0.05) is 11.8 Å². The lowest BCUT2D eigenvalue weighted by Crippen LogP contribution is -1.91. The van der Waals surface area contributed by atoms with Crippen LogP contribution in [0, 0.1) is 0 Å². The molecule has 2 nitrogen and oxygen atoms in total. The van der Waals surface area contributed by atoms with Crippen molar-refractivity contribution in [3.8, 4) is 17.0 Å². The van der Waals surface area contributed by atoms with E-state index < -0.39 is 0 Å². The number of hydrogen-bond donors (Lipinski definition) is 0. The van der Waals surface area contributed by atoms with Crippen LogP contribution in [0.3, 0.4) is 0 Å². The molecule has 0 amide bonds. The van der Waals surface area contributed by atoms with Crippen molar-refractivity contribution in [2.45, 2.75) is 19.8 Å². The van der Waals surface area contributed by atoms with Crippen molar-refractivity contribution >= 4 is 0 Å². The Balaban J connectivity index is 2.40. The third kappa shape index (κ3) is 2.47. The smallest absolute Gasteiger partial charge is 0.145 e. The standard InChI is InChI=1S/C15H17NO/c1-11(2)12-6-8-13(9-7-12)15-14(17-3)5-4-10-16-15/h4-11H,1-3H3. The van der Waals surface area contributed by atoms with Gasteiger partial charge in [-0.1, -0.05) is 38.1 Å². The zero-order valence-electron chi connectivity index (χ0n) is 10.5. The normalized spacial score (nSPS) is 10.6. The molecule has 88 valence electrons. The number of nitrogens with zero attached hydrogens (tertiary/aromatic N) is 1. The number of benzene rings is 1. The molecule has 0 bridgehead atoms. The van der Waals surface area contributed by atoms with Crippen LogP contribution in [0.1, 0.15) is 25.3 Å². The van der Waals surface area contributed by atoms with E-state index in [1.54, 1.807) is 13.3 Å². The van der Waals surface area contributed by atoms with Crippen LogP contribution in [0.4, 0.5) is 0 Å². The van der Waals surface area contributed by atoms with Gasteiger partial charge >= 0.3 is 0 Å². The molecule has 0 fully saturated rings. The quantitative estimate of drug-likeness (QED) is 0.793. The molecule has 0 spiro atoms. The van der Waals surface area contributed by atoms with Gasteiger partial charge in [-0.15, -0.1) is 0 Å². The Labute approximate surface area is 102 Å². The van der Waals surface area contributed by atoms with Crippen molar-refractivity contribution in [1.82, 2.24) is 4.98 Å². The lowest BCUT2D eigenvalue weighted by atomic mass is 10.0. The fourth-order valence-corrected chi connectivity index (χ4v) is 1.80. The van der Waals surface area contributed by atoms with E-state index in [-0.39, 0.29) is 0 Å². The molecule has 1 aromatic heterocycles. The van der Waals surface area contributed by atoms with Crippen LogP contribution >= 0.6 is 0 Å². The Bertz CT molecular complexity index is 489. The second-order valence-electron chi connectivity index (χ2n) is 4.33. The molecule has 0 saturated heterocycles. The number of ether oxygens (including phenoxy) is 1. The third-order valence-electron chi connectivity index (χ3n) is 2.84. The highest BCUT2D eigenvalue weighted by molar-refractivity contribution is 5.66. The summed E-state index contributed by atoms with van der Waals surface area (Å²) in [7, 11) is 1.67. The highest BCUT2D eigenvalue weighted by Gasteiger charge is 2.06. The second-order valence-corrected chi connectivity index (χ2v) is 4.33. The average Bonchev–Trinajstić information content (AvgIpc) is 2.39.